The molecule has 0 bridgehead atoms. The van der Waals surface area contributed by atoms with E-state index in [2.05, 4.69) is 25.2 Å². The molecule has 0 aliphatic heterocycles. The Labute approximate surface area is 90.5 Å². The maximum absolute atomic E-state index is 3.53. The maximum Gasteiger partial charge on any atom is 0.0216 e. The molecular weight excluding hydrogens is 190 g/mol. The summed E-state index contributed by atoms with van der Waals surface area (Å²) in [5.41, 5.74) is 1.49. The van der Waals surface area contributed by atoms with Gasteiger partial charge in [-0.25, -0.2) is 0 Å². The third-order valence-electron chi connectivity index (χ3n) is 2.89. The van der Waals surface area contributed by atoms with Crippen molar-refractivity contribution in [1.82, 2.24) is 5.32 Å². The second-order valence-electron chi connectivity index (χ2n) is 4.35. The largest absolute Gasteiger partial charge is 0.313 e. The van der Waals surface area contributed by atoms with Gasteiger partial charge >= 0.3 is 0 Å². The van der Waals surface area contributed by atoms with E-state index in [4.69, 9.17) is 0 Å². The first-order valence-corrected chi connectivity index (χ1v) is 6.34. The molecule has 0 amide bonds. The molecule has 1 heterocycles. The first-order chi connectivity index (χ1) is 6.75. The minimum atomic E-state index is 1.05. The van der Waals surface area contributed by atoms with Crippen molar-refractivity contribution in [2.24, 2.45) is 5.92 Å². The van der Waals surface area contributed by atoms with Gasteiger partial charge in [0.2, 0.25) is 0 Å². The summed E-state index contributed by atoms with van der Waals surface area (Å²) in [7, 11) is 0. The molecule has 1 aliphatic carbocycles. The van der Waals surface area contributed by atoms with Crippen molar-refractivity contribution in [1.29, 1.82) is 0 Å². The second kappa shape index (κ2) is 4.45. The van der Waals surface area contributed by atoms with Gasteiger partial charge in [0.25, 0.3) is 0 Å². The normalized spacial score (nSPS) is 16.1. The molecule has 1 nitrogen and oxygen atoms in total. The topological polar surface area (TPSA) is 12.0 Å². The van der Waals surface area contributed by atoms with Crippen LogP contribution in [0.2, 0.25) is 0 Å². The average Bonchev–Trinajstić information content (AvgIpc) is 2.88. The zero-order valence-corrected chi connectivity index (χ0v) is 9.91. The van der Waals surface area contributed by atoms with Crippen LogP contribution in [0, 0.1) is 19.8 Å². The van der Waals surface area contributed by atoms with Gasteiger partial charge in [-0.2, -0.15) is 0 Å². The number of hydrogen-bond acceptors (Lipinski definition) is 2. The van der Waals surface area contributed by atoms with Crippen LogP contribution in [0.5, 0.6) is 0 Å². The highest BCUT2D eigenvalue weighted by atomic mass is 32.1. The zero-order chi connectivity index (χ0) is 9.97. The van der Waals surface area contributed by atoms with Gasteiger partial charge in [0.1, 0.15) is 0 Å². The lowest BCUT2D eigenvalue weighted by Crippen LogP contribution is -2.15. The molecule has 2 heteroatoms. The molecule has 78 valence electrons. The van der Waals surface area contributed by atoms with Gasteiger partial charge in [-0.3, -0.25) is 0 Å². The molecule has 0 unspecified atom stereocenters. The van der Waals surface area contributed by atoms with Crippen LogP contribution in [0.3, 0.4) is 0 Å². The molecule has 0 spiro atoms. The Morgan fingerprint density at radius 3 is 2.79 bits per heavy atom. The van der Waals surface area contributed by atoms with Crippen LogP contribution >= 0.6 is 11.3 Å². The summed E-state index contributed by atoms with van der Waals surface area (Å²) in [5.74, 6) is 1.05. The fraction of sp³-hybridized carbons (Fsp3) is 0.667. The molecule has 0 aromatic carbocycles. The Morgan fingerprint density at radius 2 is 2.21 bits per heavy atom. The van der Waals surface area contributed by atoms with E-state index in [0.717, 1.165) is 12.5 Å². The molecule has 1 aromatic rings. The fourth-order valence-electron chi connectivity index (χ4n) is 1.79. The number of hydrogen-bond donors (Lipinski definition) is 1. The van der Waals surface area contributed by atoms with Gasteiger partial charge in [-0.1, -0.05) is 12.8 Å². The van der Waals surface area contributed by atoms with E-state index in [1.165, 1.54) is 41.1 Å². The summed E-state index contributed by atoms with van der Waals surface area (Å²) in [6.45, 7) is 6.66. The second-order valence-corrected chi connectivity index (χ2v) is 5.81. The van der Waals surface area contributed by atoms with Gasteiger partial charge in [0.05, 0.1) is 0 Å². The summed E-state index contributed by atoms with van der Waals surface area (Å²) in [4.78, 5) is 2.91. The maximum atomic E-state index is 3.53. The lowest BCUT2D eigenvalue weighted by Gasteiger charge is -2.02. The van der Waals surface area contributed by atoms with Gasteiger partial charge in [0, 0.05) is 16.3 Å². The third-order valence-corrected chi connectivity index (χ3v) is 3.89. The number of thiophene rings is 1. The summed E-state index contributed by atoms with van der Waals surface area (Å²) in [6.07, 6.45) is 4.32. The van der Waals surface area contributed by atoms with Crippen LogP contribution in [-0.4, -0.2) is 6.54 Å². The first kappa shape index (κ1) is 10.2. The fourth-order valence-corrected chi connectivity index (χ4v) is 2.74. The molecule has 1 N–H and O–H groups in total. The predicted octanol–water partition coefficient (Wildman–Crippen LogP) is 3.25. The summed E-state index contributed by atoms with van der Waals surface area (Å²) < 4.78 is 0. The highest BCUT2D eigenvalue weighted by Gasteiger charge is 2.19. The zero-order valence-electron chi connectivity index (χ0n) is 9.10. The van der Waals surface area contributed by atoms with Crippen LogP contribution < -0.4 is 5.32 Å². The molecule has 14 heavy (non-hydrogen) atoms. The quantitative estimate of drug-likeness (QED) is 0.734. The van der Waals surface area contributed by atoms with E-state index in [1.54, 1.807) is 0 Å². The van der Waals surface area contributed by atoms with Gasteiger partial charge in [0.15, 0.2) is 0 Å². The smallest absolute Gasteiger partial charge is 0.0216 e. The Morgan fingerprint density at radius 1 is 1.43 bits per heavy atom. The van der Waals surface area contributed by atoms with E-state index in [1.807, 2.05) is 11.3 Å². The van der Waals surface area contributed by atoms with E-state index in [-0.39, 0.29) is 0 Å². The Hall–Kier alpha value is -0.340. The van der Waals surface area contributed by atoms with E-state index in [0.29, 0.717) is 0 Å². The van der Waals surface area contributed by atoms with Crippen molar-refractivity contribution in [3.8, 4) is 0 Å². The summed E-state index contributed by atoms with van der Waals surface area (Å²) in [6, 6.07) is 2.31. The van der Waals surface area contributed by atoms with Gasteiger partial charge in [-0.15, -0.1) is 11.3 Å². The van der Waals surface area contributed by atoms with E-state index in [9.17, 15) is 0 Å². The molecular formula is C12H19NS. The standard InChI is InChI=1S/C12H19NS/c1-9-7-12(10(2)14-9)8-13-6-5-11-3-4-11/h7,11,13H,3-6,8H2,1-2H3. The molecule has 0 atom stereocenters. The molecule has 1 saturated carbocycles. The van der Waals surface area contributed by atoms with Crippen molar-refractivity contribution in [2.75, 3.05) is 6.54 Å². The van der Waals surface area contributed by atoms with Crippen molar-refractivity contribution in [3.63, 3.8) is 0 Å². The Bertz CT molecular complexity index is 299. The van der Waals surface area contributed by atoms with Crippen LogP contribution in [0.25, 0.3) is 0 Å². The third kappa shape index (κ3) is 2.82. The minimum absolute atomic E-state index is 1.05. The Kier molecular flexibility index (Phi) is 3.24. The SMILES string of the molecule is Cc1cc(CNCCC2CC2)c(C)s1. The average molecular weight is 209 g/mol. The highest BCUT2D eigenvalue weighted by molar-refractivity contribution is 7.12. The van der Waals surface area contributed by atoms with Crippen molar-refractivity contribution in [3.05, 3.63) is 21.4 Å². The molecule has 2 rings (SSSR count). The number of aryl methyl sites for hydroxylation is 2. The summed E-state index contributed by atoms with van der Waals surface area (Å²) in [5, 5.41) is 3.53. The molecule has 1 fully saturated rings. The number of rotatable bonds is 5. The van der Waals surface area contributed by atoms with Crippen LogP contribution in [-0.2, 0) is 6.54 Å². The predicted molar refractivity (Wildman–Crippen MR) is 62.8 cm³/mol. The van der Waals surface area contributed by atoms with Crippen LogP contribution in [0.15, 0.2) is 6.07 Å². The van der Waals surface area contributed by atoms with Crippen molar-refractivity contribution < 1.29 is 0 Å². The van der Waals surface area contributed by atoms with Gasteiger partial charge < -0.3 is 5.32 Å². The van der Waals surface area contributed by atoms with Crippen molar-refractivity contribution >= 4 is 11.3 Å². The van der Waals surface area contributed by atoms with E-state index < -0.39 is 0 Å². The first-order valence-electron chi connectivity index (χ1n) is 5.52. The van der Waals surface area contributed by atoms with Gasteiger partial charge in [-0.05, 0) is 44.4 Å². The molecule has 1 aliphatic rings. The van der Waals surface area contributed by atoms with Crippen LogP contribution in [0.1, 0.15) is 34.6 Å². The lowest BCUT2D eigenvalue weighted by atomic mass is 10.2. The molecule has 0 radical (unpaired) electrons. The van der Waals surface area contributed by atoms with Crippen LogP contribution in [0.4, 0.5) is 0 Å². The monoisotopic (exact) mass is 209 g/mol. The number of nitrogens with one attached hydrogen (secondary N) is 1. The van der Waals surface area contributed by atoms with E-state index >= 15 is 0 Å². The minimum Gasteiger partial charge on any atom is -0.313 e. The summed E-state index contributed by atoms with van der Waals surface area (Å²) >= 11 is 1.91. The lowest BCUT2D eigenvalue weighted by molar-refractivity contribution is 0.612. The Balaban J connectivity index is 1.70. The molecule has 1 aromatic heterocycles. The highest BCUT2D eigenvalue weighted by Crippen LogP contribution is 2.31. The van der Waals surface area contributed by atoms with Crippen molar-refractivity contribution in [2.45, 2.75) is 39.7 Å². The molecule has 0 saturated heterocycles.